The minimum Gasteiger partial charge on any atom is -0.508 e. The van der Waals surface area contributed by atoms with Crippen LogP contribution in [0.3, 0.4) is 0 Å². The Labute approximate surface area is 190 Å². The molecule has 0 unspecified atom stereocenters. The van der Waals surface area contributed by atoms with Crippen molar-refractivity contribution in [2.45, 2.75) is 31.0 Å². The summed E-state index contributed by atoms with van der Waals surface area (Å²) in [5.41, 5.74) is -6.48. The highest BCUT2D eigenvalue weighted by atomic mass is 19.4. The summed E-state index contributed by atoms with van der Waals surface area (Å²) in [7, 11) is 2.92. The van der Waals surface area contributed by atoms with Crippen molar-refractivity contribution in [1.82, 2.24) is 0 Å². The molecule has 3 aliphatic carbocycles. The van der Waals surface area contributed by atoms with Crippen molar-refractivity contribution in [2.24, 2.45) is 11.8 Å². The minimum absolute atomic E-state index is 0.0367. The van der Waals surface area contributed by atoms with Gasteiger partial charge < -0.3 is 30.4 Å². The Kier molecular flexibility index (Phi) is 5.02. The van der Waals surface area contributed by atoms with E-state index in [4.69, 9.17) is 0 Å². The number of ketones is 2. The summed E-state index contributed by atoms with van der Waals surface area (Å²) < 4.78 is 40.7. The normalized spacial score (nSPS) is 26.8. The van der Waals surface area contributed by atoms with E-state index >= 15 is 0 Å². The fourth-order valence-electron chi connectivity index (χ4n) is 5.25. The summed E-state index contributed by atoms with van der Waals surface area (Å²) >= 11 is 0. The van der Waals surface area contributed by atoms with Gasteiger partial charge in [0.2, 0.25) is 5.78 Å². The number of benzene rings is 1. The van der Waals surface area contributed by atoms with Crippen LogP contribution in [0.5, 0.6) is 5.75 Å². The van der Waals surface area contributed by atoms with Crippen LogP contribution in [0, 0.1) is 11.8 Å². The molecule has 3 aliphatic rings. The maximum atomic E-state index is 13.6. The number of aliphatic hydroxyl groups excluding tert-OH is 2. The van der Waals surface area contributed by atoms with Crippen LogP contribution in [0.4, 0.5) is 18.9 Å². The molecular formula is C22H20F3NO8. The van der Waals surface area contributed by atoms with Crippen LogP contribution in [0.1, 0.15) is 29.5 Å². The number of hydrogen-bond donors (Lipinski definition) is 5. The average molecular weight is 483 g/mol. The number of aliphatic carboxylic acids is 1. The third-order valence-corrected chi connectivity index (χ3v) is 6.79. The highest BCUT2D eigenvalue weighted by molar-refractivity contribution is 6.21. The molecule has 4 rings (SSSR count). The molecular weight excluding hydrogens is 463 g/mol. The first-order chi connectivity index (χ1) is 15.6. The molecule has 0 aliphatic heterocycles. The SMILES string of the molecule is CN(C)c1cc(C(F)(F)F)c(O)c2c1C[C@H]1C[C@H]3CC(=O)C(C(=O)O)=C(O)[C@@]3(O)C(=O)C1=C2O. The Morgan fingerprint density at radius 1 is 1.15 bits per heavy atom. The molecule has 0 aromatic heterocycles. The highest BCUT2D eigenvalue weighted by Gasteiger charge is 2.60. The van der Waals surface area contributed by atoms with Crippen LogP contribution < -0.4 is 4.90 Å². The summed E-state index contributed by atoms with van der Waals surface area (Å²) in [5, 5.41) is 52.1. The molecule has 0 bridgehead atoms. The number of halogens is 3. The molecule has 1 aromatic carbocycles. The number of carboxylic acid groups (broad SMARTS) is 1. The molecule has 0 spiro atoms. The fourth-order valence-corrected chi connectivity index (χ4v) is 5.25. The number of hydrogen-bond acceptors (Lipinski definition) is 8. The number of fused-ring (bicyclic) bond motifs is 3. The second-order valence-electron chi connectivity index (χ2n) is 8.89. The van der Waals surface area contributed by atoms with Crippen molar-refractivity contribution in [2.75, 3.05) is 19.0 Å². The zero-order valence-corrected chi connectivity index (χ0v) is 17.9. The summed E-state index contributed by atoms with van der Waals surface area (Å²) in [4.78, 5) is 38.4. The van der Waals surface area contributed by atoms with E-state index in [1.165, 1.54) is 19.0 Å². The first-order valence-electron chi connectivity index (χ1n) is 10.2. The van der Waals surface area contributed by atoms with Gasteiger partial charge in [0, 0.05) is 37.7 Å². The predicted molar refractivity (Wildman–Crippen MR) is 109 cm³/mol. The number of Topliss-reactive ketones (excluding diaryl/α,β-unsaturated/α-hetero) is 2. The number of carbonyl (C=O) groups is 3. The van der Waals surface area contributed by atoms with E-state index in [2.05, 4.69) is 0 Å². The third kappa shape index (κ3) is 3.01. The Morgan fingerprint density at radius 2 is 1.76 bits per heavy atom. The lowest BCUT2D eigenvalue weighted by Gasteiger charge is -2.46. The molecule has 12 heteroatoms. The summed E-state index contributed by atoms with van der Waals surface area (Å²) in [6.45, 7) is 0. The van der Waals surface area contributed by atoms with Crippen molar-refractivity contribution >= 4 is 29.0 Å². The molecule has 0 heterocycles. The van der Waals surface area contributed by atoms with Gasteiger partial charge in [-0.3, -0.25) is 9.59 Å². The molecule has 1 saturated carbocycles. The number of phenolic OH excluding ortho intramolecular Hbond substituents is 1. The molecule has 0 amide bonds. The summed E-state index contributed by atoms with van der Waals surface area (Å²) in [6.07, 6.45) is -5.83. The Balaban J connectivity index is 2.00. The first-order valence-corrected chi connectivity index (χ1v) is 10.2. The van der Waals surface area contributed by atoms with Crippen LogP contribution in [0.2, 0.25) is 0 Å². The van der Waals surface area contributed by atoms with Gasteiger partial charge >= 0.3 is 12.1 Å². The van der Waals surface area contributed by atoms with Crippen molar-refractivity contribution in [1.29, 1.82) is 0 Å². The van der Waals surface area contributed by atoms with Gasteiger partial charge in [0.15, 0.2) is 17.1 Å². The van der Waals surface area contributed by atoms with E-state index < -0.39 is 87.1 Å². The number of aromatic hydroxyl groups is 1. The van der Waals surface area contributed by atoms with E-state index in [9.17, 15) is 53.1 Å². The number of carboxylic acids is 1. The molecule has 1 fully saturated rings. The monoisotopic (exact) mass is 483 g/mol. The quantitative estimate of drug-likeness (QED) is 0.398. The number of phenols is 1. The van der Waals surface area contributed by atoms with E-state index in [1.54, 1.807) is 0 Å². The molecule has 182 valence electrons. The summed E-state index contributed by atoms with van der Waals surface area (Å²) in [6, 6.07) is 0.727. The number of carbonyl (C=O) groups excluding carboxylic acids is 2. The van der Waals surface area contributed by atoms with Gasteiger partial charge in [-0.1, -0.05) is 0 Å². The predicted octanol–water partition coefficient (Wildman–Crippen LogP) is 2.11. The second-order valence-corrected chi connectivity index (χ2v) is 8.89. The lowest BCUT2D eigenvalue weighted by Crippen LogP contribution is -2.58. The Morgan fingerprint density at radius 3 is 2.29 bits per heavy atom. The van der Waals surface area contributed by atoms with Crippen LogP contribution in [0.15, 0.2) is 23.0 Å². The molecule has 9 nitrogen and oxygen atoms in total. The molecule has 5 N–H and O–H groups in total. The molecule has 34 heavy (non-hydrogen) atoms. The zero-order chi connectivity index (χ0) is 25.5. The lowest BCUT2D eigenvalue weighted by atomic mass is 9.59. The Hall–Kier alpha value is -3.54. The smallest absolute Gasteiger partial charge is 0.420 e. The molecule has 0 saturated heterocycles. The standard InChI is InChI=1S/C22H20F3NO8/c1-26(2)11-6-10(22(23,24)25)16(28)14-9(11)4-7-3-8-5-12(27)15(20(32)33)19(31)21(8,34)18(30)13(7)17(14)29/h6-8,28-29,31,34H,3-5H2,1-2H3,(H,32,33)/t7-,8+,21+/m1/s1. The molecule has 0 radical (unpaired) electrons. The van der Waals surface area contributed by atoms with Gasteiger partial charge in [0.1, 0.15) is 22.6 Å². The van der Waals surface area contributed by atoms with Crippen LogP contribution in [-0.4, -0.2) is 62.8 Å². The maximum Gasteiger partial charge on any atom is 0.420 e. The van der Waals surface area contributed by atoms with Gasteiger partial charge in [-0.25, -0.2) is 4.79 Å². The Bertz CT molecular complexity index is 1230. The van der Waals surface area contributed by atoms with Crippen LogP contribution >= 0.6 is 0 Å². The van der Waals surface area contributed by atoms with Crippen molar-refractivity contribution in [3.05, 3.63) is 39.7 Å². The van der Waals surface area contributed by atoms with Crippen LogP contribution in [-0.2, 0) is 27.0 Å². The number of nitrogens with zero attached hydrogens (tertiary/aromatic N) is 1. The minimum atomic E-state index is -4.99. The van der Waals surface area contributed by atoms with Gasteiger partial charge in [-0.15, -0.1) is 0 Å². The second kappa shape index (κ2) is 7.23. The van der Waals surface area contributed by atoms with Crippen molar-refractivity contribution in [3.63, 3.8) is 0 Å². The highest BCUT2D eigenvalue weighted by Crippen LogP contribution is 2.54. The average Bonchev–Trinajstić information content (AvgIpc) is 2.69. The van der Waals surface area contributed by atoms with Gasteiger partial charge in [0.25, 0.3) is 0 Å². The number of rotatable bonds is 2. The van der Waals surface area contributed by atoms with E-state index in [-0.39, 0.29) is 24.1 Å². The summed E-state index contributed by atoms with van der Waals surface area (Å²) in [5.74, 6) is -9.94. The largest absolute Gasteiger partial charge is 0.508 e. The first kappa shape index (κ1) is 23.6. The van der Waals surface area contributed by atoms with E-state index in [0.29, 0.717) is 0 Å². The molecule has 3 atom stereocenters. The van der Waals surface area contributed by atoms with Crippen LogP contribution in [0.25, 0.3) is 5.76 Å². The third-order valence-electron chi connectivity index (χ3n) is 6.79. The van der Waals surface area contributed by atoms with Gasteiger partial charge in [-0.2, -0.15) is 13.2 Å². The van der Waals surface area contributed by atoms with Crippen molar-refractivity contribution < 1.29 is 53.1 Å². The van der Waals surface area contributed by atoms with Crippen molar-refractivity contribution in [3.8, 4) is 5.75 Å². The molecule has 1 aromatic rings. The number of aliphatic hydroxyl groups is 3. The van der Waals surface area contributed by atoms with Gasteiger partial charge in [0.05, 0.1) is 5.56 Å². The zero-order valence-electron chi connectivity index (χ0n) is 17.9. The fraction of sp³-hybridized carbons (Fsp3) is 0.409. The maximum absolute atomic E-state index is 13.6. The topological polar surface area (TPSA) is 156 Å². The lowest BCUT2D eigenvalue weighted by molar-refractivity contribution is -0.149. The number of anilines is 1. The van der Waals surface area contributed by atoms with E-state index in [1.807, 2.05) is 0 Å². The van der Waals surface area contributed by atoms with Gasteiger partial charge in [-0.05, 0) is 30.4 Å². The van der Waals surface area contributed by atoms with E-state index in [0.717, 1.165) is 6.07 Å². The number of alkyl halides is 3.